The van der Waals surface area contributed by atoms with E-state index in [9.17, 15) is 0 Å². The third-order valence-electron chi connectivity index (χ3n) is 2.32. The van der Waals surface area contributed by atoms with Gasteiger partial charge in [-0.1, -0.05) is 26.7 Å². The first-order chi connectivity index (χ1) is 6.88. The zero-order chi connectivity index (χ0) is 10.2. The van der Waals surface area contributed by atoms with Gasteiger partial charge in [0.15, 0.2) is 0 Å². The van der Waals surface area contributed by atoms with Crippen molar-refractivity contribution >= 4 is 0 Å². The molecule has 0 atom stereocenters. The SMILES string of the molecule is CCCCN(CCCC)n1cccn1. The Morgan fingerprint density at radius 2 is 1.79 bits per heavy atom. The van der Waals surface area contributed by atoms with Gasteiger partial charge >= 0.3 is 0 Å². The Labute approximate surface area is 86.7 Å². The molecule has 1 aromatic rings. The summed E-state index contributed by atoms with van der Waals surface area (Å²) in [7, 11) is 0. The van der Waals surface area contributed by atoms with E-state index in [0.717, 1.165) is 13.1 Å². The molecule has 14 heavy (non-hydrogen) atoms. The average Bonchev–Trinajstić information content (AvgIpc) is 2.71. The molecule has 0 spiro atoms. The Morgan fingerprint density at radius 1 is 1.14 bits per heavy atom. The van der Waals surface area contributed by atoms with Crippen molar-refractivity contribution in [2.45, 2.75) is 39.5 Å². The lowest BCUT2D eigenvalue weighted by atomic mass is 10.3. The Balaban J connectivity index is 2.44. The lowest BCUT2D eigenvalue weighted by Crippen LogP contribution is -2.36. The Morgan fingerprint density at radius 3 is 2.21 bits per heavy atom. The summed E-state index contributed by atoms with van der Waals surface area (Å²) in [5, 5.41) is 6.58. The second-order valence-electron chi connectivity index (χ2n) is 3.59. The Kier molecular flexibility index (Phi) is 5.12. The maximum absolute atomic E-state index is 4.26. The van der Waals surface area contributed by atoms with Crippen molar-refractivity contribution < 1.29 is 0 Å². The molecular weight excluding hydrogens is 174 g/mol. The van der Waals surface area contributed by atoms with Gasteiger partial charge in [0, 0.05) is 19.3 Å². The van der Waals surface area contributed by atoms with Gasteiger partial charge in [0.2, 0.25) is 0 Å². The Hall–Kier alpha value is -0.990. The van der Waals surface area contributed by atoms with Crippen molar-refractivity contribution in [2.75, 3.05) is 18.1 Å². The molecule has 1 rings (SSSR count). The number of rotatable bonds is 7. The van der Waals surface area contributed by atoms with Crippen LogP contribution in [0.5, 0.6) is 0 Å². The Bertz CT molecular complexity index is 210. The summed E-state index contributed by atoms with van der Waals surface area (Å²) in [6.07, 6.45) is 8.82. The van der Waals surface area contributed by atoms with Crippen LogP contribution in [0.1, 0.15) is 39.5 Å². The number of hydrogen-bond acceptors (Lipinski definition) is 2. The largest absolute Gasteiger partial charge is 0.297 e. The molecule has 0 aliphatic rings. The highest BCUT2D eigenvalue weighted by molar-refractivity contribution is 4.88. The van der Waals surface area contributed by atoms with Crippen LogP contribution in [0.2, 0.25) is 0 Å². The van der Waals surface area contributed by atoms with Crippen molar-refractivity contribution in [1.82, 2.24) is 9.89 Å². The summed E-state index contributed by atoms with van der Waals surface area (Å²) in [5.41, 5.74) is 0. The molecule has 0 saturated carbocycles. The van der Waals surface area contributed by atoms with Crippen LogP contribution in [0.3, 0.4) is 0 Å². The van der Waals surface area contributed by atoms with Gasteiger partial charge in [-0.25, -0.2) is 0 Å². The van der Waals surface area contributed by atoms with E-state index >= 15 is 0 Å². The van der Waals surface area contributed by atoms with E-state index in [-0.39, 0.29) is 0 Å². The normalized spacial score (nSPS) is 10.4. The van der Waals surface area contributed by atoms with Gasteiger partial charge in [0.25, 0.3) is 0 Å². The molecule has 1 aromatic heterocycles. The fraction of sp³-hybridized carbons (Fsp3) is 0.727. The maximum Gasteiger partial charge on any atom is 0.0510 e. The van der Waals surface area contributed by atoms with E-state index in [1.807, 2.05) is 23.3 Å². The highest BCUT2D eigenvalue weighted by Crippen LogP contribution is 1.98. The molecule has 3 heteroatoms. The van der Waals surface area contributed by atoms with Crippen LogP contribution in [-0.2, 0) is 0 Å². The molecule has 0 fully saturated rings. The molecular formula is C11H21N3. The molecule has 0 saturated heterocycles. The van der Waals surface area contributed by atoms with Gasteiger partial charge in [0.05, 0.1) is 6.20 Å². The second kappa shape index (κ2) is 6.46. The highest BCUT2D eigenvalue weighted by Gasteiger charge is 2.03. The number of aromatic nitrogens is 2. The minimum absolute atomic E-state index is 1.11. The van der Waals surface area contributed by atoms with Gasteiger partial charge in [-0.2, -0.15) is 9.89 Å². The molecule has 0 N–H and O–H groups in total. The first-order valence-electron chi connectivity index (χ1n) is 5.63. The molecule has 3 nitrogen and oxygen atoms in total. The van der Waals surface area contributed by atoms with Crippen LogP contribution < -0.4 is 5.01 Å². The molecule has 0 unspecified atom stereocenters. The van der Waals surface area contributed by atoms with Crippen molar-refractivity contribution in [3.63, 3.8) is 0 Å². The summed E-state index contributed by atoms with van der Waals surface area (Å²) in [6.45, 7) is 6.67. The van der Waals surface area contributed by atoms with Crippen molar-refractivity contribution in [1.29, 1.82) is 0 Å². The molecule has 1 heterocycles. The molecule has 0 radical (unpaired) electrons. The predicted molar refractivity (Wildman–Crippen MR) is 60.0 cm³/mol. The van der Waals surface area contributed by atoms with Crippen molar-refractivity contribution in [3.05, 3.63) is 18.5 Å². The lowest BCUT2D eigenvalue weighted by molar-refractivity contribution is 0.501. The molecule has 0 bridgehead atoms. The van der Waals surface area contributed by atoms with Gasteiger partial charge in [-0.15, -0.1) is 0 Å². The summed E-state index contributed by atoms with van der Waals surface area (Å²) in [5.74, 6) is 0. The monoisotopic (exact) mass is 195 g/mol. The fourth-order valence-electron chi connectivity index (χ4n) is 1.43. The van der Waals surface area contributed by atoms with Crippen LogP contribution in [0.25, 0.3) is 0 Å². The van der Waals surface area contributed by atoms with E-state index in [1.54, 1.807) is 0 Å². The topological polar surface area (TPSA) is 21.1 Å². The zero-order valence-corrected chi connectivity index (χ0v) is 9.32. The van der Waals surface area contributed by atoms with Crippen LogP contribution >= 0.6 is 0 Å². The summed E-state index contributed by atoms with van der Waals surface area (Å²) >= 11 is 0. The number of nitrogens with zero attached hydrogens (tertiary/aromatic N) is 3. The number of unbranched alkanes of at least 4 members (excludes halogenated alkanes) is 2. The smallest absolute Gasteiger partial charge is 0.0510 e. The molecule has 0 aliphatic carbocycles. The van der Waals surface area contributed by atoms with Gasteiger partial charge < -0.3 is 0 Å². The number of hydrogen-bond donors (Lipinski definition) is 0. The quantitative estimate of drug-likeness (QED) is 0.666. The van der Waals surface area contributed by atoms with Gasteiger partial charge in [-0.05, 0) is 18.9 Å². The summed E-state index contributed by atoms with van der Waals surface area (Å²) < 4.78 is 0. The average molecular weight is 195 g/mol. The lowest BCUT2D eigenvalue weighted by Gasteiger charge is -2.23. The minimum atomic E-state index is 1.11. The van der Waals surface area contributed by atoms with E-state index in [4.69, 9.17) is 0 Å². The molecule has 0 aromatic carbocycles. The van der Waals surface area contributed by atoms with Crippen LogP contribution in [0.15, 0.2) is 18.5 Å². The van der Waals surface area contributed by atoms with Crippen molar-refractivity contribution in [3.8, 4) is 0 Å². The van der Waals surface area contributed by atoms with Gasteiger partial charge in [-0.3, -0.25) is 5.01 Å². The third-order valence-corrected chi connectivity index (χ3v) is 2.32. The van der Waals surface area contributed by atoms with E-state index in [0.29, 0.717) is 0 Å². The van der Waals surface area contributed by atoms with E-state index in [1.165, 1.54) is 25.7 Å². The molecule has 0 amide bonds. The first-order valence-corrected chi connectivity index (χ1v) is 5.63. The predicted octanol–water partition coefficient (Wildman–Crippen LogP) is 2.42. The van der Waals surface area contributed by atoms with Crippen LogP contribution in [-0.4, -0.2) is 23.0 Å². The van der Waals surface area contributed by atoms with E-state index in [2.05, 4.69) is 24.0 Å². The summed E-state index contributed by atoms with van der Waals surface area (Å²) in [6, 6.07) is 1.98. The van der Waals surface area contributed by atoms with E-state index < -0.39 is 0 Å². The fourth-order valence-corrected chi connectivity index (χ4v) is 1.43. The first kappa shape index (κ1) is 11.1. The third kappa shape index (κ3) is 3.40. The second-order valence-corrected chi connectivity index (χ2v) is 3.59. The molecule has 80 valence electrons. The standard InChI is InChI=1S/C11H21N3/c1-3-5-9-13(10-6-4-2)14-11-7-8-12-14/h7-8,11H,3-6,9-10H2,1-2H3. The van der Waals surface area contributed by atoms with Crippen LogP contribution in [0.4, 0.5) is 0 Å². The highest BCUT2D eigenvalue weighted by atomic mass is 15.6. The minimum Gasteiger partial charge on any atom is -0.297 e. The van der Waals surface area contributed by atoms with Crippen LogP contribution in [0, 0.1) is 0 Å². The van der Waals surface area contributed by atoms with Gasteiger partial charge in [0.1, 0.15) is 0 Å². The summed E-state index contributed by atoms with van der Waals surface area (Å²) in [4.78, 5) is 1.96. The zero-order valence-electron chi connectivity index (χ0n) is 9.32. The molecule has 0 aliphatic heterocycles. The maximum atomic E-state index is 4.26. The van der Waals surface area contributed by atoms with Crippen molar-refractivity contribution in [2.24, 2.45) is 0 Å².